The molecule has 1 nitrogen and oxygen atoms in total. The van der Waals surface area contributed by atoms with Crippen LogP contribution in [0.3, 0.4) is 0 Å². The van der Waals surface area contributed by atoms with Gasteiger partial charge in [0.05, 0.1) is 0 Å². The second-order valence-electron chi connectivity index (χ2n) is 5.30. The van der Waals surface area contributed by atoms with Gasteiger partial charge < -0.3 is 5.73 Å². The standard InChI is InChI=1S/C15H33N/c1-3-4-5-6-7-9-12-15(2)13-10-8-11-14-16/h15H,3-14,16H2,1-2H3. The first-order chi connectivity index (χ1) is 7.81. The second kappa shape index (κ2) is 13.0. The number of hydrogen-bond acceptors (Lipinski definition) is 1. The van der Waals surface area contributed by atoms with Gasteiger partial charge in [-0.05, 0) is 18.9 Å². The Morgan fingerprint density at radius 3 is 1.81 bits per heavy atom. The topological polar surface area (TPSA) is 26.0 Å². The first kappa shape index (κ1) is 16.0. The molecule has 0 radical (unpaired) electrons. The molecular formula is C15H33N. The summed E-state index contributed by atoms with van der Waals surface area (Å²) in [6.45, 7) is 5.56. The van der Waals surface area contributed by atoms with Crippen LogP contribution in [-0.2, 0) is 0 Å². The van der Waals surface area contributed by atoms with E-state index in [1.54, 1.807) is 0 Å². The summed E-state index contributed by atoms with van der Waals surface area (Å²) in [5.74, 6) is 0.934. The minimum atomic E-state index is 0.867. The summed E-state index contributed by atoms with van der Waals surface area (Å²) in [7, 11) is 0. The van der Waals surface area contributed by atoms with Gasteiger partial charge in [0.2, 0.25) is 0 Å². The summed E-state index contributed by atoms with van der Waals surface area (Å²) < 4.78 is 0. The van der Waals surface area contributed by atoms with Crippen molar-refractivity contribution in [1.82, 2.24) is 0 Å². The molecule has 0 aromatic rings. The zero-order valence-electron chi connectivity index (χ0n) is 11.6. The van der Waals surface area contributed by atoms with Crippen molar-refractivity contribution in [3.63, 3.8) is 0 Å². The van der Waals surface area contributed by atoms with Gasteiger partial charge in [-0.25, -0.2) is 0 Å². The average molecular weight is 227 g/mol. The summed E-state index contributed by atoms with van der Waals surface area (Å²) >= 11 is 0. The zero-order valence-corrected chi connectivity index (χ0v) is 11.6. The summed E-state index contributed by atoms with van der Waals surface area (Å²) in [6, 6.07) is 0. The van der Waals surface area contributed by atoms with E-state index in [0.717, 1.165) is 12.5 Å². The van der Waals surface area contributed by atoms with Crippen molar-refractivity contribution in [2.75, 3.05) is 6.54 Å². The van der Waals surface area contributed by atoms with Crippen molar-refractivity contribution in [3.05, 3.63) is 0 Å². The predicted octanol–water partition coefficient (Wildman–Crippen LogP) is 4.89. The van der Waals surface area contributed by atoms with Crippen LogP contribution in [0.4, 0.5) is 0 Å². The van der Waals surface area contributed by atoms with E-state index in [-0.39, 0.29) is 0 Å². The van der Waals surface area contributed by atoms with E-state index in [2.05, 4.69) is 13.8 Å². The van der Waals surface area contributed by atoms with E-state index >= 15 is 0 Å². The van der Waals surface area contributed by atoms with Crippen LogP contribution in [0.5, 0.6) is 0 Å². The Morgan fingerprint density at radius 1 is 0.750 bits per heavy atom. The van der Waals surface area contributed by atoms with Crippen LogP contribution in [0.1, 0.15) is 84.5 Å². The van der Waals surface area contributed by atoms with Crippen molar-refractivity contribution >= 4 is 0 Å². The van der Waals surface area contributed by atoms with Crippen molar-refractivity contribution in [1.29, 1.82) is 0 Å². The summed E-state index contributed by atoms with van der Waals surface area (Å²) in [4.78, 5) is 0. The maximum Gasteiger partial charge on any atom is -0.00773 e. The van der Waals surface area contributed by atoms with Crippen molar-refractivity contribution in [2.24, 2.45) is 11.7 Å². The minimum absolute atomic E-state index is 0.867. The number of rotatable bonds is 12. The third-order valence-electron chi connectivity index (χ3n) is 3.45. The van der Waals surface area contributed by atoms with Crippen molar-refractivity contribution in [2.45, 2.75) is 84.5 Å². The Kier molecular flexibility index (Phi) is 13.0. The summed E-state index contributed by atoms with van der Waals surface area (Å²) in [5.41, 5.74) is 5.48. The van der Waals surface area contributed by atoms with E-state index in [9.17, 15) is 0 Å². The van der Waals surface area contributed by atoms with Crippen LogP contribution < -0.4 is 5.73 Å². The Bertz CT molecular complexity index is 123. The van der Waals surface area contributed by atoms with Gasteiger partial charge in [0.25, 0.3) is 0 Å². The SMILES string of the molecule is CCCCCCCCC(C)CCCCCN. The quantitative estimate of drug-likeness (QED) is 0.472. The lowest BCUT2D eigenvalue weighted by atomic mass is 9.96. The monoisotopic (exact) mass is 227 g/mol. The van der Waals surface area contributed by atoms with Gasteiger partial charge in [-0.2, -0.15) is 0 Å². The van der Waals surface area contributed by atoms with Gasteiger partial charge in [0, 0.05) is 0 Å². The Balaban J connectivity index is 3.08. The average Bonchev–Trinajstić information content (AvgIpc) is 2.29. The summed E-state index contributed by atoms with van der Waals surface area (Å²) in [6.07, 6.45) is 15.4. The highest BCUT2D eigenvalue weighted by Crippen LogP contribution is 2.17. The van der Waals surface area contributed by atoms with Crippen molar-refractivity contribution < 1.29 is 0 Å². The van der Waals surface area contributed by atoms with E-state index < -0.39 is 0 Å². The first-order valence-electron chi connectivity index (χ1n) is 7.51. The fourth-order valence-electron chi connectivity index (χ4n) is 2.23. The molecule has 0 spiro atoms. The summed E-state index contributed by atoms with van der Waals surface area (Å²) in [5, 5.41) is 0. The molecule has 0 aliphatic carbocycles. The maximum atomic E-state index is 5.48. The van der Waals surface area contributed by atoms with Crippen LogP contribution in [0, 0.1) is 5.92 Å². The van der Waals surface area contributed by atoms with Crippen molar-refractivity contribution in [3.8, 4) is 0 Å². The predicted molar refractivity (Wildman–Crippen MR) is 74.7 cm³/mol. The van der Waals surface area contributed by atoms with E-state index in [1.807, 2.05) is 0 Å². The molecule has 0 aromatic heterocycles. The van der Waals surface area contributed by atoms with E-state index in [4.69, 9.17) is 5.73 Å². The molecule has 2 N–H and O–H groups in total. The largest absolute Gasteiger partial charge is 0.330 e. The Morgan fingerprint density at radius 2 is 1.25 bits per heavy atom. The van der Waals surface area contributed by atoms with Crippen LogP contribution in [0.25, 0.3) is 0 Å². The fraction of sp³-hybridized carbons (Fsp3) is 1.00. The van der Waals surface area contributed by atoms with Crippen LogP contribution >= 0.6 is 0 Å². The first-order valence-corrected chi connectivity index (χ1v) is 7.51. The Labute approximate surface area is 103 Å². The lowest BCUT2D eigenvalue weighted by Crippen LogP contribution is -1.99. The van der Waals surface area contributed by atoms with Gasteiger partial charge in [0.1, 0.15) is 0 Å². The van der Waals surface area contributed by atoms with Gasteiger partial charge in [-0.15, -0.1) is 0 Å². The molecule has 0 saturated heterocycles. The third-order valence-corrected chi connectivity index (χ3v) is 3.45. The molecule has 0 amide bonds. The zero-order chi connectivity index (χ0) is 12.1. The molecule has 1 atom stereocenters. The maximum absolute atomic E-state index is 5.48. The molecule has 16 heavy (non-hydrogen) atoms. The lowest BCUT2D eigenvalue weighted by molar-refractivity contribution is 0.435. The normalized spacial score (nSPS) is 12.9. The molecule has 0 aliphatic rings. The van der Waals surface area contributed by atoms with Crippen LogP contribution in [-0.4, -0.2) is 6.54 Å². The molecule has 0 rings (SSSR count). The third kappa shape index (κ3) is 12.0. The highest BCUT2D eigenvalue weighted by molar-refractivity contribution is 4.55. The molecule has 1 heteroatoms. The second-order valence-corrected chi connectivity index (χ2v) is 5.30. The lowest BCUT2D eigenvalue weighted by Gasteiger charge is -2.10. The molecule has 0 aromatic carbocycles. The molecule has 98 valence electrons. The minimum Gasteiger partial charge on any atom is -0.330 e. The van der Waals surface area contributed by atoms with Crippen LogP contribution in [0.15, 0.2) is 0 Å². The number of nitrogens with two attached hydrogens (primary N) is 1. The molecule has 1 unspecified atom stereocenters. The fourth-order valence-corrected chi connectivity index (χ4v) is 2.23. The molecule has 0 bridgehead atoms. The van der Waals surface area contributed by atoms with Gasteiger partial charge in [-0.3, -0.25) is 0 Å². The molecule has 0 saturated carbocycles. The smallest absolute Gasteiger partial charge is 0.00773 e. The Hall–Kier alpha value is -0.0400. The number of hydrogen-bond donors (Lipinski definition) is 1. The van der Waals surface area contributed by atoms with E-state index in [1.165, 1.54) is 70.6 Å². The number of unbranched alkanes of at least 4 members (excludes halogenated alkanes) is 7. The van der Waals surface area contributed by atoms with Gasteiger partial charge >= 0.3 is 0 Å². The van der Waals surface area contributed by atoms with Crippen LogP contribution in [0.2, 0.25) is 0 Å². The molecule has 0 heterocycles. The highest BCUT2D eigenvalue weighted by atomic mass is 14.5. The highest BCUT2D eigenvalue weighted by Gasteiger charge is 2.01. The van der Waals surface area contributed by atoms with E-state index in [0.29, 0.717) is 0 Å². The molecule has 0 aliphatic heterocycles. The van der Waals surface area contributed by atoms with Gasteiger partial charge in [-0.1, -0.05) is 78.1 Å². The van der Waals surface area contributed by atoms with Gasteiger partial charge in [0.15, 0.2) is 0 Å². The molecule has 0 fully saturated rings. The molecular weight excluding hydrogens is 194 g/mol.